The quantitative estimate of drug-likeness (QED) is 0.554. The average Bonchev–Trinajstić information content (AvgIpc) is 2.94. The van der Waals surface area contributed by atoms with E-state index < -0.39 is 5.82 Å². The number of rotatable bonds is 3. The maximum atomic E-state index is 14.2. The second kappa shape index (κ2) is 6.39. The van der Waals surface area contributed by atoms with Crippen molar-refractivity contribution in [2.75, 3.05) is 7.11 Å². The first-order chi connectivity index (χ1) is 13.0. The molecule has 0 bridgehead atoms. The molecule has 27 heavy (non-hydrogen) atoms. The van der Waals surface area contributed by atoms with Crippen LogP contribution in [-0.4, -0.2) is 21.5 Å². The van der Waals surface area contributed by atoms with Crippen molar-refractivity contribution in [3.05, 3.63) is 82.3 Å². The van der Waals surface area contributed by atoms with Crippen molar-refractivity contribution in [2.45, 2.75) is 13.8 Å². The molecule has 0 unspecified atom stereocenters. The summed E-state index contributed by atoms with van der Waals surface area (Å²) in [6.45, 7) is 3.81. The van der Waals surface area contributed by atoms with Crippen molar-refractivity contribution in [1.29, 1.82) is 0 Å². The number of hydrogen-bond donors (Lipinski definition) is 0. The van der Waals surface area contributed by atoms with E-state index in [9.17, 15) is 9.18 Å². The first-order valence-electron chi connectivity index (χ1n) is 8.52. The van der Waals surface area contributed by atoms with Gasteiger partial charge in [0.25, 0.3) is 5.56 Å². The Morgan fingerprint density at radius 1 is 1.04 bits per heavy atom. The smallest absolute Gasteiger partial charge is 0.281 e. The minimum atomic E-state index is -0.493. The van der Waals surface area contributed by atoms with Gasteiger partial charge in [0, 0.05) is 28.5 Å². The number of ether oxygens (including phenoxy) is 1. The number of para-hydroxylation sites is 1. The summed E-state index contributed by atoms with van der Waals surface area (Å²) < 4.78 is 22.6. The van der Waals surface area contributed by atoms with Crippen LogP contribution in [-0.2, 0) is 0 Å². The molecule has 2 aromatic heterocycles. The molecular formula is C21H18FN3O2. The van der Waals surface area contributed by atoms with E-state index in [0.29, 0.717) is 5.39 Å². The Bertz CT molecular complexity index is 1220. The fourth-order valence-corrected chi connectivity index (χ4v) is 3.49. The Kier molecular flexibility index (Phi) is 4.03. The first kappa shape index (κ1) is 17.0. The van der Waals surface area contributed by atoms with Crippen LogP contribution in [0.25, 0.3) is 22.1 Å². The molecule has 0 N–H and O–H groups in total. The van der Waals surface area contributed by atoms with Crippen LogP contribution >= 0.6 is 0 Å². The zero-order valence-electron chi connectivity index (χ0n) is 15.2. The zero-order valence-corrected chi connectivity index (χ0v) is 15.2. The first-order valence-corrected chi connectivity index (χ1v) is 8.52. The summed E-state index contributed by atoms with van der Waals surface area (Å²) in [6.07, 6.45) is 1.61. The third-order valence-corrected chi connectivity index (χ3v) is 4.79. The number of aryl methyl sites for hydroxylation is 2. The highest BCUT2D eigenvalue weighted by molar-refractivity contribution is 5.88. The molecule has 5 nitrogen and oxygen atoms in total. The van der Waals surface area contributed by atoms with Crippen molar-refractivity contribution < 1.29 is 9.13 Å². The van der Waals surface area contributed by atoms with Crippen LogP contribution in [0, 0.1) is 19.7 Å². The highest BCUT2D eigenvalue weighted by Crippen LogP contribution is 2.28. The number of halogens is 1. The van der Waals surface area contributed by atoms with E-state index in [4.69, 9.17) is 4.74 Å². The van der Waals surface area contributed by atoms with Crippen molar-refractivity contribution in [3.63, 3.8) is 0 Å². The van der Waals surface area contributed by atoms with E-state index in [-0.39, 0.29) is 11.2 Å². The highest BCUT2D eigenvalue weighted by Gasteiger charge is 2.19. The Morgan fingerprint density at radius 2 is 1.81 bits per heavy atom. The van der Waals surface area contributed by atoms with Crippen molar-refractivity contribution in [2.24, 2.45) is 0 Å². The number of nitrogens with zero attached hydrogens (tertiary/aromatic N) is 3. The zero-order chi connectivity index (χ0) is 19.1. The van der Waals surface area contributed by atoms with Crippen LogP contribution < -0.4 is 10.3 Å². The van der Waals surface area contributed by atoms with Gasteiger partial charge in [-0.15, -0.1) is 0 Å². The van der Waals surface area contributed by atoms with Crippen LogP contribution in [0.5, 0.6) is 5.75 Å². The molecule has 4 rings (SSSR count). The van der Waals surface area contributed by atoms with E-state index in [1.807, 2.05) is 42.7 Å². The normalized spacial score (nSPS) is 11.1. The van der Waals surface area contributed by atoms with Crippen LogP contribution in [0.3, 0.4) is 0 Å². The summed E-state index contributed by atoms with van der Waals surface area (Å²) in [5, 5.41) is 5.47. The summed E-state index contributed by atoms with van der Waals surface area (Å²) in [5.41, 5.74) is 2.34. The monoisotopic (exact) mass is 363 g/mol. The SMILES string of the molecule is COc1cccc(-n2c(C)c3cnn(-c4ccccc4F)c(=O)c3c2C)c1. The molecular weight excluding hydrogens is 345 g/mol. The van der Waals surface area contributed by atoms with Crippen molar-refractivity contribution in [3.8, 4) is 17.1 Å². The number of aromatic nitrogens is 3. The lowest BCUT2D eigenvalue weighted by Crippen LogP contribution is -2.22. The molecule has 2 heterocycles. The Balaban J connectivity index is 2.01. The van der Waals surface area contributed by atoms with Crippen LogP contribution in [0.4, 0.5) is 4.39 Å². The van der Waals surface area contributed by atoms with Gasteiger partial charge in [0.2, 0.25) is 0 Å². The molecule has 0 amide bonds. The summed E-state index contributed by atoms with van der Waals surface area (Å²) >= 11 is 0. The molecule has 0 aliphatic rings. The molecule has 4 aromatic rings. The predicted molar refractivity (Wildman–Crippen MR) is 103 cm³/mol. The molecule has 0 saturated heterocycles. The lowest BCUT2D eigenvalue weighted by Gasteiger charge is -2.10. The number of methoxy groups -OCH3 is 1. The Labute approximate surface area is 155 Å². The van der Waals surface area contributed by atoms with Gasteiger partial charge < -0.3 is 9.30 Å². The van der Waals surface area contributed by atoms with Gasteiger partial charge >= 0.3 is 0 Å². The minimum Gasteiger partial charge on any atom is -0.497 e. The fraction of sp³-hybridized carbons (Fsp3) is 0.143. The number of fused-ring (bicyclic) bond motifs is 1. The third kappa shape index (κ3) is 2.61. The van der Waals surface area contributed by atoms with Gasteiger partial charge in [-0.25, -0.2) is 4.39 Å². The van der Waals surface area contributed by atoms with E-state index in [1.165, 1.54) is 12.1 Å². The van der Waals surface area contributed by atoms with Gasteiger partial charge in [-0.2, -0.15) is 9.78 Å². The number of hydrogen-bond acceptors (Lipinski definition) is 3. The minimum absolute atomic E-state index is 0.135. The maximum Gasteiger partial charge on any atom is 0.281 e. The van der Waals surface area contributed by atoms with Gasteiger partial charge in [0.05, 0.1) is 18.7 Å². The summed E-state index contributed by atoms with van der Waals surface area (Å²) in [4.78, 5) is 13.1. The number of benzene rings is 2. The van der Waals surface area contributed by atoms with Gasteiger partial charge in [0.15, 0.2) is 0 Å². The van der Waals surface area contributed by atoms with Crippen LogP contribution in [0.1, 0.15) is 11.4 Å². The Morgan fingerprint density at radius 3 is 2.56 bits per heavy atom. The lowest BCUT2D eigenvalue weighted by atomic mass is 10.2. The van der Waals surface area contributed by atoms with E-state index in [0.717, 1.165) is 32.9 Å². The van der Waals surface area contributed by atoms with Crippen LogP contribution in [0.2, 0.25) is 0 Å². The molecule has 0 aliphatic heterocycles. The molecule has 2 aromatic carbocycles. The van der Waals surface area contributed by atoms with Crippen molar-refractivity contribution >= 4 is 10.8 Å². The highest BCUT2D eigenvalue weighted by atomic mass is 19.1. The molecule has 0 radical (unpaired) electrons. The predicted octanol–water partition coefficient (Wildman–Crippen LogP) is 3.94. The van der Waals surface area contributed by atoms with E-state index >= 15 is 0 Å². The Hall–Kier alpha value is -3.41. The largest absolute Gasteiger partial charge is 0.497 e. The summed E-state index contributed by atoms with van der Waals surface area (Å²) in [7, 11) is 1.61. The molecule has 0 aliphatic carbocycles. The van der Waals surface area contributed by atoms with Gasteiger partial charge in [0.1, 0.15) is 17.3 Å². The summed E-state index contributed by atoms with van der Waals surface area (Å²) in [5.74, 6) is 0.235. The average molecular weight is 363 g/mol. The van der Waals surface area contributed by atoms with Gasteiger partial charge in [-0.1, -0.05) is 18.2 Å². The molecule has 0 spiro atoms. The molecule has 0 saturated carbocycles. The summed E-state index contributed by atoms with van der Waals surface area (Å²) in [6, 6.07) is 13.7. The molecule has 0 fully saturated rings. The third-order valence-electron chi connectivity index (χ3n) is 4.79. The van der Waals surface area contributed by atoms with Crippen LogP contribution in [0.15, 0.2) is 59.5 Å². The molecule has 0 atom stereocenters. The standard InChI is InChI=1S/C21H18FN3O2/c1-13-17-12-23-25(19-10-5-4-9-18(19)22)21(26)20(17)14(2)24(13)15-7-6-8-16(11-15)27-3/h4-12H,1-3H3. The lowest BCUT2D eigenvalue weighted by molar-refractivity contribution is 0.414. The topological polar surface area (TPSA) is 49.0 Å². The van der Waals surface area contributed by atoms with E-state index in [1.54, 1.807) is 25.4 Å². The second-order valence-electron chi connectivity index (χ2n) is 6.31. The molecule has 6 heteroatoms. The fourth-order valence-electron chi connectivity index (χ4n) is 3.49. The van der Waals surface area contributed by atoms with E-state index in [2.05, 4.69) is 5.10 Å². The maximum absolute atomic E-state index is 14.2. The second-order valence-corrected chi connectivity index (χ2v) is 6.31. The van der Waals surface area contributed by atoms with Crippen molar-refractivity contribution in [1.82, 2.24) is 14.3 Å². The van der Waals surface area contributed by atoms with Gasteiger partial charge in [-0.3, -0.25) is 4.79 Å². The van der Waals surface area contributed by atoms with Gasteiger partial charge in [-0.05, 0) is 38.1 Å². The molecule has 136 valence electrons.